The Morgan fingerprint density at radius 2 is 1.92 bits per heavy atom. The van der Waals surface area contributed by atoms with E-state index in [2.05, 4.69) is 24.1 Å². The molecule has 0 radical (unpaired) electrons. The van der Waals surface area contributed by atoms with Gasteiger partial charge in [0.05, 0.1) is 6.61 Å². The van der Waals surface area contributed by atoms with Crippen molar-refractivity contribution in [1.82, 2.24) is 10.2 Å². The third kappa shape index (κ3) is 5.58. The van der Waals surface area contributed by atoms with Gasteiger partial charge in [0.1, 0.15) is 10.6 Å². The van der Waals surface area contributed by atoms with Crippen LogP contribution in [0.15, 0.2) is 36.4 Å². The van der Waals surface area contributed by atoms with Crippen LogP contribution >= 0.6 is 11.3 Å². The average molecular weight is 361 g/mol. The summed E-state index contributed by atoms with van der Waals surface area (Å²) in [5, 5.41) is 3.07. The lowest BCUT2D eigenvalue weighted by atomic mass is 9.93. The van der Waals surface area contributed by atoms with E-state index in [9.17, 15) is 4.79 Å². The van der Waals surface area contributed by atoms with Crippen molar-refractivity contribution in [3.63, 3.8) is 0 Å². The summed E-state index contributed by atoms with van der Waals surface area (Å²) >= 11 is 1.48. The second-order valence-electron chi connectivity index (χ2n) is 7.19. The molecule has 0 atom stereocenters. The maximum absolute atomic E-state index is 12.7. The van der Waals surface area contributed by atoms with Crippen molar-refractivity contribution < 1.29 is 9.53 Å². The van der Waals surface area contributed by atoms with Crippen molar-refractivity contribution in [3.8, 4) is 16.2 Å². The van der Waals surface area contributed by atoms with Gasteiger partial charge in [-0.3, -0.25) is 4.79 Å². The molecule has 136 valence electrons. The van der Waals surface area contributed by atoms with Crippen LogP contribution in [0.25, 0.3) is 10.4 Å². The van der Waals surface area contributed by atoms with E-state index in [0.717, 1.165) is 17.0 Å². The summed E-state index contributed by atoms with van der Waals surface area (Å²) in [7, 11) is 4.09. The van der Waals surface area contributed by atoms with Gasteiger partial charge in [-0.05, 0) is 38.1 Å². The molecule has 1 heterocycles. The van der Waals surface area contributed by atoms with Crippen LogP contribution in [0.3, 0.4) is 0 Å². The van der Waals surface area contributed by atoms with Crippen molar-refractivity contribution in [1.29, 1.82) is 0 Å². The van der Waals surface area contributed by atoms with Gasteiger partial charge >= 0.3 is 0 Å². The van der Waals surface area contributed by atoms with Crippen LogP contribution in [0.1, 0.15) is 30.4 Å². The molecule has 0 aliphatic heterocycles. The SMILES string of the molecule is CCOc1cc(-c2ccccc2)sc1C(=O)NCC(C)(C)CN(C)C. The first-order chi connectivity index (χ1) is 11.8. The maximum Gasteiger partial charge on any atom is 0.265 e. The molecule has 0 spiro atoms. The number of hydrogen-bond acceptors (Lipinski definition) is 4. The van der Waals surface area contributed by atoms with Crippen LogP contribution in [0, 0.1) is 5.41 Å². The number of ether oxygens (including phenoxy) is 1. The molecule has 25 heavy (non-hydrogen) atoms. The Balaban J connectivity index is 2.16. The van der Waals surface area contributed by atoms with Gasteiger partial charge in [-0.1, -0.05) is 44.2 Å². The molecule has 0 saturated carbocycles. The second kappa shape index (κ2) is 8.50. The quantitative estimate of drug-likeness (QED) is 0.769. The number of rotatable bonds is 8. The summed E-state index contributed by atoms with van der Waals surface area (Å²) in [5.74, 6) is 0.594. The Labute approximate surface area is 154 Å². The van der Waals surface area contributed by atoms with E-state index < -0.39 is 0 Å². The van der Waals surface area contributed by atoms with Crippen LogP contribution in [0.4, 0.5) is 0 Å². The minimum Gasteiger partial charge on any atom is -0.492 e. The number of amides is 1. The lowest BCUT2D eigenvalue weighted by Gasteiger charge is -2.28. The molecule has 0 aliphatic rings. The Kier molecular flexibility index (Phi) is 6.62. The van der Waals surface area contributed by atoms with E-state index >= 15 is 0 Å². The summed E-state index contributed by atoms with van der Waals surface area (Å²) in [6.07, 6.45) is 0. The van der Waals surface area contributed by atoms with Crippen molar-refractivity contribution in [2.75, 3.05) is 33.8 Å². The van der Waals surface area contributed by atoms with Gasteiger partial charge in [-0.15, -0.1) is 11.3 Å². The van der Waals surface area contributed by atoms with Crippen molar-refractivity contribution >= 4 is 17.2 Å². The van der Waals surface area contributed by atoms with Gasteiger partial charge in [0, 0.05) is 18.0 Å². The molecule has 0 fully saturated rings. The lowest BCUT2D eigenvalue weighted by Crippen LogP contribution is -2.39. The van der Waals surface area contributed by atoms with Crippen molar-refractivity contribution in [2.24, 2.45) is 5.41 Å². The minimum atomic E-state index is -0.0672. The predicted octanol–water partition coefficient (Wildman–Crippen LogP) is 4.13. The normalized spacial score (nSPS) is 11.6. The summed E-state index contributed by atoms with van der Waals surface area (Å²) in [6, 6.07) is 12.0. The molecule has 1 aromatic heterocycles. The number of carbonyl (C=O) groups is 1. The van der Waals surface area contributed by atoms with E-state index in [1.165, 1.54) is 11.3 Å². The highest BCUT2D eigenvalue weighted by Crippen LogP contribution is 2.36. The largest absolute Gasteiger partial charge is 0.492 e. The average Bonchev–Trinajstić information content (AvgIpc) is 2.97. The lowest BCUT2D eigenvalue weighted by molar-refractivity contribution is 0.0930. The first-order valence-electron chi connectivity index (χ1n) is 8.57. The molecule has 5 heteroatoms. The Bertz CT molecular complexity index is 693. The van der Waals surface area contributed by atoms with Gasteiger partial charge in [-0.25, -0.2) is 0 Å². The van der Waals surface area contributed by atoms with Crippen LogP contribution in [0.5, 0.6) is 5.75 Å². The first-order valence-corrected chi connectivity index (χ1v) is 9.39. The van der Waals surface area contributed by atoms with Gasteiger partial charge in [0.2, 0.25) is 0 Å². The fourth-order valence-corrected chi connectivity index (χ4v) is 3.87. The topological polar surface area (TPSA) is 41.6 Å². The zero-order chi connectivity index (χ0) is 18.4. The Morgan fingerprint density at radius 1 is 1.24 bits per heavy atom. The number of benzene rings is 1. The second-order valence-corrected chi connectivity index (χ2v) is 8.24. The number of nitrogens with zero attached hydrogens (tertiary/aromatic N) is 1. The predicted molar refractivity (Wildman–Crippen MR) is 106 cm³/mol. The van der Waals surface area contributed by atoms with Crippen molar-refractivity contribution in [2.45, 2.75) is 20.8 Å². The van der Waals surface area contributed by atoms with E-state index in [1.807, 2.05) is 57.4 Å². The number of nitrogens with one attached hydrogen (secondary N) is 1. The molecular weight excluding hydrogens is 332 g/mol. The number of hydrogen-bond donors (Lipinski definition) is 1. The molecule has 1 aromatic carbocycles. The van der Waals surface area contributed by atoms with E-state index in [4.69, 9.17) is 4.74 Å². The van der Waals surface area contributed by atoms with E-state index in [1.54, 1.807) is 0 Å². The zero-order valence-corrected chi connectivity index (χ0v) is 16.6. The molecule has 0 saturated heterocycles. The van der Waals surface area contributed by atoms with Crippen LogP contribution in [-0.4, -0.2) is 44.6 Å². The van der Waals surface area contributed by atoms with E-state index in [0.29, 0.717) is 23.8 Å². The van der Waals surface area contributed by atoms with Gasteiger partial charge in [0.25, 0.3) is 5.91 Å². The number of carbonyl (C=O) groups excluding carboxylic acids is 1. The zero-order valence-electron chi connectivity index (χ0n) is 15.8. The Morgan fingerprint density at radius 3 is 2.52 bits per heavy atom. The third-order valence-corrected chi connectivity index (χ3v) is 4.90. The molecular formula is C20H28N2O2S. The fourth-order valence-electron chi connectivity index (χ4n) is 2.85. The standard InChI is InChI=1S/C20H28N2O2S/c1-6-24-16-12-17(15-10-8-7-9-11-15)25-18(16)19(23)21-13-20(2,3)14-22(4)5/h7-12H,6,13-14H2,1-5H3,(H,21,23). The summed E-state index contributed by atoms with van der Waals surface area (Å²) in [4.78, 5) is 16.5. The van der Waals surface area contributed by atoms with E-state index in [-0.39, 0.29) is 11.3 Å². The fraction of sp³-hybridized carbons (Fsp3) is 0.450. The summed E-state index contributed by atoms with van der Waals surface area (Å²) < 4.78 is 5.70. The third-order valence-electron chi connectivity index (χ3n) is 3.73. The molecule has 0 unspecified atom stereocenters. The highest BCUT2D eigenvalue weighted by Gasteiger charge is 2.23. The van der Waals surface area contributed by atoms with Crippen LogP contribution in [-0.2, 0) is 0 Å². The molecule has 2 aromatic rings. The highest BCUT2D eigenvalue weighted by atomic mass is 32.1. The van der Waals surface area contributed by atoms with Crippen LogP contribution in [0.2, 0.25) is 0 Å². The summed E-state index contributed by atoms with van der Waals surface area (Å²) in [5.41, 5.74) is 1.10. The van der Waals surface area contributed by atoms with Crippen LogP contribution < -0.4 is 10.1 Å². The maximum atomic E-state index is 12.7. The van der Waals surface area contributed by atoms with Gasteiger partial charge in [-0.2, -0.15) is 0 Å². The molecule has 2 rings (SSSR count). The van der Waals surface area contributed by atoms with Crippen molar-refractivity contribution in [3.05, 3.63) is 41.3 Å². The molecule has 1 N–H and O–H groups in total. The first kappa shape index (κ1) is 19.5. The summed E-state index contributed by atoms with van der Waals surface area (Å²) in [6.45, 7) is 8.31. The highest BCUT2D eigenvalue weighted by molar-refractivity contribution is 7.17. The minimum absolute atomic E-state index is 0.00442. The smallest absolute Gasteiger partial charge is 0.265 e. The molecule has 1 amide bonds. The monoisotopic (exact) mass is 360 g/mol. The molecule has 4 nitrogen and oxygen atoms in total. The molecule has 0 aliphatic carbocycles. The number of thiophene rings is 1. The molecule has 0 bridgehead atoms. The Hall–Kier alpha value is -1.85. The van der Waals surface area contributed by atoms with Gasteiger partial charge in [0.15, 0.2) is 0 Å². The van der Waals surface area contributed by atoms with Gasteiger partial charge < -0.3 is 15.0 Å².